The van der Waals surface area contributed by atoms with Gasteiger partial charge in [0, 0.05) is 11.9 Å². The van der Waals surface area contributed by atoms with Crippen LogP contribution in [0.5, 0.6) is 5.75 Å². The summed E-state index contributed by atoms with van der Waals surface area (Å²) in [4.78, 5) is 42.9. The van der Waals surface area contributed by atoms with Gasteiger partial charge in [0.25, 0.3) is 5.56 Å². The van der Waals surface area contributed by atoms with E-state index >= 15 is 0 Å². The van der Waals surface area contributed by atoms with Crippen molar-refractivity contribution >= 4 is 41.0 Å². The summed E-state index contributed by atoms with van der Waals surface area (Å²) in [5.74, 6) is -0.683. The van der Waals surface area contributed by atoms with E-state index in [2.05, 4.69) is 11.6 Å². The Morgan fingerprint density at radius 1 is 1.17 bits per heavy atom. The lowest BCUT2D eigenvalue weighted by Gasteiger charge is -2.24. The maximum atomic E-state index is 13.6. The molecule has 0 saturated carbocycles. The van der Waals surface area contributed by atoms with E-state index in [9.17, 15) is 14.4 Å². The zero-order valence-electron chi connectivity index (χ0n) is 19.0. The van der Waals surface area contributed by atoms with Crippen LogP contribution in [0.2, 0.25) is 5.02 Å². The van der Waals surface area contributed by atoms with Crippen LogP contribution >= 0.6 is 22.9 Å². The fourth-order valence-corrected chi connectivity index (χ4v) is 4.88. The molecule has 0 unspecified atom stereocenters. The molecular weight excluding hydrogens is 488 g/mol. The number of benzene rings is 2. The maximum Gasteiger partial charge on any atom is 0.338 e. The van der Waals surface area contributed by atoms with Crippen LogP contribution in [-0.2, 0) is 14.3 Å². The number of thiazole rings is 1. The molecular formula is C26H21ClN2O5S. The summed E-state index contributed by atoms with van der Waals surface area (Å²) >= 11 is 7.21. The van der Waals surface area contributed by atoms with E-state index in [0.29, 0.717) is 31.4 Å². The third-order valence-corrected chi connectivity index (χ3v) is 6.43. The fourth-order valence-electron chi connectivity index (χ4n) is 3.70. The first kappa shape index (κ1) is 24.4. The van der Waals surface area contributed by atoms with Gasteiger partial charge in [0.05, 0.1) is 21.8 Å². The number of halogens is 1. The molecule has 1 aromatic heterocycles. The van der Waals surface area contributed by atoms with Crippen LogP contribution in [0.3, 0.4) is 0 Å². The largest absolute Gasteiger partial charge is 0.458 e. The van der Waals surface area contributed by atoms with Crippen molar-refractivity contribution in [2.45, 2.75) is 19.9 Å². The van der Waals surface area contributed by atoms with Crippen molar-refractivity contribution in [2.24, 2.45) is 4.99 Å². The Kier molecular flexibility index (Phi) is 7.14. The number of hydrogen-bond acceptors (Lipinski definition) is 7. The molecule has 9 heteroatoms. The Bertz CT molecular complexity index is 1520. The molecule has 0 fully saturated rings. The van der Waals surface area contributed by atoms with Gasteiger partial charge in [-0.3, -0.25) is 14.2 Å². The Labute approximate surface area is 209 Å². The highest BCUT2D eigenvalue weighted by molar-refractivity contribution is 7.07. The second-order valence-corrected chi connectivity index (χ2v) is 9.13. The maximum absolute atomic E-state index is 13.6. The number of aromatic nitrogens is 1. The minimum atomic E-state index is -0.776. The molecule has 0 bridgehead atoms. The smallest absolute Gasteiger partial charge is 0.338 e. The summed E-state index contributed by atoms with van der Waals surface area (Å²) in [6.45, 7) is 6.63. The van der Waals surface area contributed by atoms with Gasteiger partial charge in [0.1, 0.15) is 12.4 Å². The summed E-state index contributed by atoms with van der Waals surface area (Å²) in [7, 11) is 0. The molecule has 7 nitrogen and oxygen atoms in total. The van der Waals surface area contributed by atoms with Crippen molar-refractivity contribution in [3.8, 4) is 5.75 Å². The highest BCUT2D eigenvalue weighted by atomic mass is 35.5. The fraction of sp³-hybridized carbons (Fsp3) is 0.154. The van der Waals surface area contributed by atoms with E-state index in [4.69, 9.17) is 21.1 Å². The molecule has 0 N–H and O–H groups in total. The average molecular weight is 509 g/mol. The number of rotatable bonds is 6. The number of nitrogens with zero attached hydrogens (tertiary/aromatic N) is 2. The van der Waals surface area contributed by atoms with Crippen molar-refractivity contribution in [3.63, 3.8) is 0 Å². The molecule has 1 aliphatic heterocycles. The highest BCUT2D eigenvalue weighted by Crippen LogP contribution is 2.31. The van der Waals surface area contributed by atoms with E-state index in [0.717, 1.165) is 5.56 Å². The summed E-state index contributed by atoms with van der Waals surface area (Å²) in [5.41, 5.74) is 1.85. The van der Waals surface area contributed by atoms with Crippen LogP contribution in [0.25, 0.3) is 6.08 Å². The molecule has 0 amide bonds. The minimum Gasteiger partial charge on any atom is -0.458 e. The van der Waals surface area contributed by atoms with Gasteiger partial charge < -0.3 is 9.47 Å². The van der Waals surface area contributed by atoms with Gasteiger partial charge in [0.15, 0.2) is 4.80 Å². The Morgan fingerprint density at radius 2 is 1.86 bits per heavy atom. The van der Waals surface area contributed by atoms with Gasteiger partial charge in [-0.25, -0.2) is 9.79 Å². The number of hydrogen-bond donors (Lipinski definition) is 0. The monoisotopic (exact) mass is 508 g/mol. The summed E-state index contributed by atoms with van der Waals surface area (Å²) in [6, 6.07) is 13.0. The van der Waals surface area contributed by atoms with E-state index in [1.165, 1.54) is 28.9 Å². The van der Waals surface area contributed by atoms with Crippen molar-refractivity contribution in [1.29, 1.82) is 0 Å². The van der Waals surface area contributed by atoms with Gasteiger partial charge in [-0.15, -0.1) is 0 Å². The van der Waals surface area contributed by atoms with Crippen molar-refractivity contribution in [3.05, 3.63) is 108 Å². The molecule has 0 aliphatic carbocycles. The third-order valence-electron chi connectivity index (χ3n) is 5.20. The Hall–Kier alpha value is -3.75. The van der Waals surface area contributed by atoms with Gasteiger partial charge in [-0.05, 0) is 48.4 Å². The molecule has 0 saturated heterocycles. The quantitative estimate of drug-likeness (QED) is 0.289. The van der Waals surface area contributed by atoms with Crippen LogP contribution in [-0.4, -0.2) is 23.1 Å². The number of esters is 2. The van der Waals surface area contributed by atoms with Gasteiger partial charge in [-0.2, -0.15) is 0 Å². The zero-order chi connectivity index (χ0) is 25.1. The first-order valence-corrected chi connectivity index (χ1v) is 11.8. The molecule has 0 spiro atoms. The predicted molar refractivity (Wildman–Crippen MR) is 134 cm³/mol. The van der Waals surface area contributed by atoms with Crippen LogP contribution in [0.15, 0.2) is 82.2 Å². The van der Waals surface area contributed by atoms with Gasteiger partial charge in [0.2, 0.25) is 0 Å². The molecule has 3 aromatic rings. The Morgan fingerprint density at radius 3 is 2.49 bits per heavy atom. The third kappa shape index (κ3) is 5.18. The summed E-state index contributed by atoms with van der Waals surface area (Å²) in [5, 5.41) is 0.596. The molecule has 0 radical (unpaired) electrons. The summed E-state index contributed by atoms with van der Waals surface area (Å²) < 4.78 is 12.4. The molecule has 4 rings (SSSR count). The van der Waals surface area contributed by atoms with Crippen LogP contribution in [0, 0.1) is 0 Å². The number of carbonyl (C=O) groups is 2. The van der Waals surface area contributed by atoms with Crippen molar-refractivity contribution in [2.75, 3.05) is 6.61 Å². The van der Waals surface area contributed by atoms with Crippen LogP contribution in [0.1, 0.15) is 31.0 Å². The molecule has 1 atom stereocenters. The predicted octanol–water partition coefficient (Wildman–Crippen LogP) is 3.54. The van der Waals surface area contributed by atoms with E-state index < -0.39 is 18.0 Å². The summed E-state index contributed by atoms with van der Waals surface area (Å²) in [6.07, 6.45) is 3.23. The SMILES string of the molecule is C=CCOC(=O)C1=C(C)N=c2s/c(=C\c3ccc(Cl)cc3)c(=O)n2[C@@H]1c1ccc(OC(C)=O)cc1. The lowest BCUT2D eigenvalue weighted by molar-refractivity contribution is -0.138. The van der Waals surface area contributed by atoms with Gasteiger partial charge in [-0.1, -0.05) is 59.9 Å². The number of carbonyl (C=O) groups excluding carboxylic acids is 2. The van der Waals surface area contributed by atoms with E-state index in [-0.39, 0.29) is 17.7 Å². The normalized spacial score (nSPS) is 15.3. The molecule has 1 aliphatic rings. The van der Waals surface area contributed by atoms with Gasteiger partial charge >= 0.3 is 11.9 Å². The molecule has 2 heterocycles. The average Bonchev–Trinajstić information content (AvgIpc) is 3.12. The van der Waals surface area contributed by atoms with E-state index in [1.807, 2.05) is 12.1 Å². The lowest BCUT2D eigenvalue weighted by Crippen LogP contribution is -2.39. The first-order chi connectivity index (χ1) is 16.8. The number of allylic oxidation sites excluding steroid dienone is 1. The first-order valence-electron chi connectivity index (χ1n) is 10.6. The van der Waals surface area contributed by atoms with Crippen LogP contribution < -0.4 is 19.6 Å². The number of ether oxygens (including phenoxy) is 2. The molecule has 2 aromatic carbocycles. The molecule has 35 heavy (non-hydrogen) atoms. The molecule has 178 valence electrons. The highest BCUT2D eigenvalue weighted by Gasteiger charge is 2.33. The second-order valence-electron chi connectivity index (χ2n) is 7.68. The van der Waals surface area contributed by atoms with Crippen LogP contribution in [0.4, 0.5) is 0 Å². The number of fused-ring (bicyclic) bond motifs is 1. The topological polar surface area (TPSA) is 87.0 Å². The van der Waals surface area contributed by atoms with Crippen molar-refractivity contribution in [1.82, 2.24) is 4.57 Å². The second kappa shape index (κ2) is 10.2. The lowest BCUT2D eigenvalue weighted by atomic mass is 9.96. The Balaban J connectivity index is 1.88. The minimum absolute atomic E-state index is 0.0225. The van der Waals surface area contributed by atoms with Crippen molar-refractivity contribution < 1.29 is 19.1 Å². The van der Waals surface area contributed by atoms with E-state index in [1.54, 1.807) is 49.4 Å². The standard InChI is InChI=1S/C26H21ClN2O5S/c1-4-13-33-25(32)22-15(2)28-26-29(23(22)18-7-11-20(12-8-18)34-16(3)30)24(31)21(35-26)14-17-5-9-19(27)10-6-17/h4-12,14,23H,1,13H2,2-3H3/b21-14-/t23-/m1/s1. The zero-order valence-corrected chi connectivity index (χ0v) is 20.6.